The van der Waals surface area contributed by atoms with Crippen molar-refractivity contribution in [3.8, 4) is 6.07 Å². The molecule has 104 valence electrons. The lowest BCUT2D eigenvalue weighted by atomic mass is 9.94. The molecule has 3 atom stereocenters. The molecule has 4 nitrogen and oxygen atoms in total. The van der Waals surface area contributed by atoms with Crippen molar-refractivity contribution in [1.29, 1.82) is 5.26 Å². The maximum Gasteiger partial charge on any atom is 0.326 e. The van der Waals surface area contributed by atoms with Crippen LogP contribution in [-0.4, -0.2) is 23.7 Å². The summed E-state index contributed by atoms with van der Waals surface area (Å²) < 4.78 is 0. The summed E-state index contributed by atoms with van der Waals surface area (Å²) in [6.45, 7) is 2.72. The third kappa shape index (κ3) is 1.94. The molecule has 0 radical (unpaired) electrons. The number of carboxylic acid groups (broad SMARTS) is 1. The van der Waals surface area contributed by atoms with Gasteiger partial charge in [-0.05, 0) is 55.4 Å². The smallest absolute Gasteiger partial charge is 0.326 e. The molecule has 1 aliphatic carbocycles. The van der Waals surface area contributed by atoms with E-state index in [1.807, 2.05) is 24.0 Å². The highest BCUT2D eigenvalue weighted by Crippen LogP contribution is 2.44. The second-order valence-corrected chi connectivity index (χ2v) is 5.90. The SMILES string of the molecule is Cc1cc(N2CC3CCCC3C2C(=O)O)ccc1C#N. The molecule has 1 saturated carbocycles. The van der Waals surface area contributed by atoms with Crippen LogP contribution in [0.3, 0.4) is 0 Å². The summed E-state index contributed by atoms with van der Waals surface area (Å²) in [6, 6.07) is 7.35. The average Bonchev–Trinajstić information content (AvgIpc) is 2.97. The van der Waals surface area contributed by atoms with Crippen LogP contribution in [-0.2, 0) is 4.79 Å². The molecule has 1 heterocycles. The minimum atomic E-state index is -0.721. The molecule has 1 aliphatic heterocycles. The Morgan fingerprint density at radius 1 is 1.45 bits per heavy atom. The van der Waals surface area contributed by atoms with Gasteiger partial charge < -0.3 is 10.0 Å². The number of hydrogen-bond donors (Lipinski definition) is 1. The molecule has 4 heteroatoms. The molecule has 1 aromatic carbocycles. The zero-order chi connectivity index (χ0) is 14.3. The van der Waals surface area contributed by atoms with Gasteiger partial charge in [0, 0.05) is 12.2 Å². The monoisotopic (exact) mass is 270 g/mol. The zero-order valence-electron chi connectivity index (χ0n) is 11.5. The van der Waals surface area contributed by atoms with Crippen molar-refractivity contribution in [3.63, 3.8) is 0 Å². The lowest BCUT2D eigenvalue weighted by Gasteiger charge is -2.26. The predicted octanol–water partition coefficient (Wildman–Crippen LogP) is 2.56. The van der Waals surface area contributed by atoms with Gasteiger partial charge in [0.05, 0.1) is 11.6 Å². The maximum absolute atomic E-state index is 11.6. The summed E-state index contributed by atoms with van der Waals surface area (Å²) >= 11 is 0. The first-order valence-corrected chi connectivity index (χ1v) is 7.12. The van der Waals surface area contributed by atoms with Crippen LogP contribution >= 0.6 is 0 Å². The quantitative estimate of drug-likeness (QED) is 0.897. The number of rotatable bonds is 2. The van der Waals surface area contributed by atoms with Gasteiger partial charge in [0.25, 0.3) is 0 Å². The number of hydrogen-bond acceptors (Lipinski definition) is 3. The van der Waals surface area contributed by atoms with Crippen molar-refractivity contribution in [1.82, 2.24) is 0 Å². The minimum Gasteiger partial charge on any atom is -0.480 e. The first kappa shape index (κ1) is 13.0. The fraction of sp³-hybridized carbons (Fsp3) is 0.500. The normalized spacial score (nSPS) is 28.2. The topological polar surface area (TPSA) is 64.3 Å². The molecule has 0 bridgehead atoms. The first-order valence-electron chi connectivity index (χ1n) is 7.12. The molecule has 3 rings (SSSR count). The number of anilines is 1. The molecule has 20 heavy (non-hydrogen) atoms. The number of nitrogens with zero attached hydrogens (tertiary/aromatic N) is 2. The van der Waals surface area contributed by atoms with Gasteiger partial charge in [-0.25, -0.2) is 4.79 Å². The Balaban J connectivity index is 1.95. The highest BCUT2D eigenvalue weighted by molar-refractivity contribution is 5.80. The molecular formula is C16H18N2O2. The van der Waals surface area contributed by atoms with Gasteiger partial charge in [-0.2, -0.15) is 5.26 Å². The zero-order valence-corrected chi connectivity index (χ0v) is 11.5. The lowest BCUT2D eigenvalue weighted by Crippen LogP contribution is -2.39. The highest BCUT2D eigenvalue weighted by Gasteiger charge is 2.47. The van der Waals surface area contributed by atoms with Crippen LogP contribution in [0.4, 0.5) is 5.69 Å². The van der Waals surface area contributed by atoms with Gasteiger partial charge in [-0.1, -0.05) is 6.42 Å². The maximum atomic E-state index is 11.6. The Hall–Kier alpha value is -2.02. The molecule has 2 aliphatic rings. The van der Waals surface area contributed by atoms with Gasteiger partial charge in [0.2, 0.25) is 0 Å². The predicted molar refractivity (Wildman–Crippen MR) is 75.5 cm³/mol. The molecule has 3 unspecified atom stereocenters. The molecule has 0 spiro atoms. The second-order valence-electron chi connectivity index (χ2n) is 5.90. The average molecular weight is 270 g/mol. The minimum absolute atomic E-state index is 0.281. The van der Waals surface area contributed by atoms with E-state index in [1.165, 1.54) is 0 Å². The summed E-state index contributed by atoms with van der Waals surface area (Å²) in [5.41, 5.74) is 2.49. The van der Waals surface area contributed by atoms with Crippen molar-refractivity contribution < 1.29 is 9.90 Å². The van der Waals surface area contributed by atoms with Gasteiger partial charge in [0.15, 0.2) is 0 Å². The molecule has 0 amide bonds. The fourth-order valence-corrected chi connectivity index (χ4v) is 3.84. The highest BCUT2D eigenvalue weighted by atomic mass is 16.4. The number of benzene rings is 1. The van der Waals surface area contributed by atoms with Crippen LogP contribution in [0.15, 0.2) is 18.2 Å². The molecule has 1 aromatic rings. The molecule has 1 N–H and O–H groups in total. The number of aryl methyl sites for hydroxylation is 1. The fourth-order valence-electron chi connectivity index (χ4n) is 3.84. The number of nitriles is 1. The summed E-state index contributed by atoms with van der Waals surface area (Å²) in [7, 11) is 0. The number of fused-ring (bicyclic) bond motifs is 1. The van der Waals surface area contributed by atoms with Crippen LogP contribution in [0.25, 0.3) is 0 Å². The number of carboxylic acids is 1. The Kier molecular flexibility index (Phi) is 3.13. The van der Waals surface area contributed by atoms with E-state index in [-0.39, 0.29) is 5.92 Å². The standard InChI is InChI=1S/C16H18N2O2/c1-10-7-13(6-5-11(10)8-17)18-9-12-3-2-4-14(12)15(18)16(19)20/h5-7,12,14-15H,2-4,9H2,1H3,(H,19,20). The van der Waals surface area contributed by atoms with E-state index in [2.05, 4.69) is 6.07 Å². The van der Waals surface area contributed by atoms with Crippen LogP contribution in [0, 0.1) is 30.1 Å². The van der Waals surface area contributed by atoms with E-state index in [4.69, 9.17) is 5.26 Å². The largest absolute Gasteiger partial charge is 0.480 e. The Morgan fingerprint density at radius 3 is 2.90 bits per heavy atom. The Bertz CT molecular complexity index is 591. The molecule has 1 saturated heterocycles. The van der Waals surface area contributed by atoms with Gasteiger partial charge in [0.1, 0.15) is 6.04 Å². The van der Waals surface area contributed by atoms with Crippen molar-refractivity contribution >= 4 is 11.7 Å². The third-order valence-corrected chi connectivity index (χ3v) is 4.81. The van der Waals surface area contributed by atoms with Crippen molar-refractivity contribution in [2.24, 2.45) is 11.8 Å². The van der Waals surface area contributed by atoms with E-state index in [0.29, 0.717) is 11.5 Å². The number of aliphatic carboxylic acids is 1. The Labute approximate surface area is 118 Å². The van der Waals surface area contributed by atoms with Crippen LogP contribution < -0.4 is 4.90 Å². The van der Waals surface area contributed by atoms with Crippen LogP contribution in [0.2, 0.25) is 0 Å². The van der Waals surface area contributed by atoms with Crippen LogP contribution in [0.5, 0.6) is 0 Å². The van der Waals surface area contributed by atoms with Crippen molar-refractivity contribution in [3.05, 3.63) is 29.3 Å². The summed E-state index contributed by atoms with van der Waals surface area (Å²) in [6.07, 6.45) is 3.31. The lowest BCUT2D eigenvalue weighted by molar-refractivity contribution is -0.139. The van der Waals surface area contributed by atoms with E-state index in [0.717, 1.165) is 37.1 Å². The molecule has 2 fully saturated rings. The van der Waals surface area contributed by atoms with Crippen molar-refractivity contribution in [2.45, 2.75) is 32.2 Å². The van der Waals surface area contributed by atoms with Crippen molar-refractivity contribution in [2.75, 3.05) is 11.4 Å². The summed E-state index contributed by atoms with van der Waals surface area (Å²) in [5.74, 6) is 0.0666. The Morgan fingerprint density at radius 2 is 2.25 bits per heavy atom. The van der Waals surface area contributed by atoms with Gasteiger partial charge in [-0.15, -0.1) is 0 Å². The van der Waals surface area contributed by atoms with Gasteiger partial charge in [-0.3, -0.25) is 0 Å². The van der Waals surface area contributed by atoms with E-state index < -0.39 is 12.0 Å². The number of carbonyl (C=O) groups is 1. The second kappa shape index (κ2) is 4.82. The van der Waals surface area contributed by atoms with Gasteiger partial charge >= 0.3 is 5.97 Å². The summed E-state index contributed by atoms with van der Waals surface area (Å²) in [4.78, 5) is 13.7. The van der Waals surface area contributed by atoms with E-state index in [1.54, 1.807) is 6.07 Å². The third-order valence-electron chi connectivity index (χ3n) is 4.81. The molecule has 0 aromatic heterocycles. The van der Waals surface area contributed by atoms with E-state index >= 15 is 0 Å². The summed E-state index contributed by atoms with van der Waals surface area (Å²) in [5, 5.41) is 18.6. The van der Waals surface area contributed by atoms with E-state index in [9.17, 15) is 9.90 Å². The molecular weight excluding hydrogens is 252 g/mol. The van der Waals surface area contributed by atoms with Crippen LogP contribution in [0.1, 0.15) is 30.4 Å². The first-order chi connectivity index (χ1) is 9.61.